The van der Waals surface area contributed by atoms with Crippen molar-refractivity contribution in [2.45, 2.75) is 65.1 Å². The van der Waals surface area contributed by atoms with Crippen LogP contribution in [0.1, 0.15) is 46.1 Å². The van der Waals surface area contributed by atoms with Crippen LogP contribution in [0.25, 0.3) is 10.9 Å². The van der Waals surface area contributed by atoms with E-state index in [1.807, 2.05) is 45.0 Å². The third-order valence-electron chi connectivity index (χ3n) is 6.50. The molecule has 192 valence electrons. The molecule has 0 saturated heterocycles. The molecule has 35 heavy (non-hydrogen) atoms. The Hall–Kier alpha value is -3.40. The molecule has 0 aliphatic carbocycles. The van der Waals surface area contributed by atoms with Gasteiger partial charge in [0, 0.05) is 23.5 Å². The molecule has 0 aliphatic heterocycles. The number of nitrogens with two attached hydrogens (primary N) is 1. The van der Waals surface area contributed by atoms with Gasteiger partial charge in [0.05, 0.1) is 6.54 Å². The van der Waals surface area contributed by atoms with Crippen LogP contribution in [0.3, 0.4) is 0 Å². The molecule has 0 aliphatic rings. The number of aromatic nitrogens is 1. The molecular weight excluding hydrogens is 450 g/mol. The fraction of sp³-hybridized carbons (Fsp3) is 0.520. The molecule has 0 saturated carbocycles. The molecule has 7 N–H and O–H groups in total. The molecular formula is C25H37N5O5. The summed E-state index contributed by atoms with van der Waals surface area (Å²) in [5, 5.41) is 18.6. The van der Waals surface area contributed by atoms with Crippen LogP contribution >= 0.6 is 0 Å². The largest absolute Gasteiger partial charge is 0.480 e. The number of amides is 3. The number of para-hydroxylation sites is 1. The maximum atomic E-state index is 13.2. The summed E-state index contributed by atoms with van der Waals surface area (Å²) < 4.78 is 0. The van der Waals surface area contributed by atoms with E-state index in [2.05, 4.69) is 20.9 Å². The Morgan fingerprint density at radius 3 is 2.09 bits per heavy atom. The first-order valence-corrected chi connectivity index (χ1v) is 12.0. The first-order valence-electron chi connectivity index (χ1n) is 12.0. The second-order valence-corrected chi connectivity index (χ2v) is 8.97. The second-order valence-electron chi connectivity index (χ2n) is 8.97. The van der Waals surface area contributed by atoms with Crippen molar-refractivity contribution in [1.82, 2.24) is 20.9 Å². The lowest BCUT2D eigenvalue weighted by Crippen LogP contribution is -2.59. The Kier molecular flexibility index (Phi) is 10.3. The van der Waals surface area contributed by atoms with Gasteiger partial charge in [0.2, 0.25) is 17.7 Å². The van der Waals surface area contributed by atoms with Gasteiger partial charge in [-0.15, -0.1) is 0 Å². The van der Waals surface area contributed by atoms with E-state index >= 15 is 0 Å². The van der Waals surface area contributed by atoms with Crippen molar-refractivity contribution < 1.29 is 24.3 Å². The van der Waals surface area contributed by atoms with E-state index in [9.17, 15) is 24.3 Å². The minimum Gasteiger partial charge on any atom is -0.480 e. The second kappa shape index (κ2) is 12.9. The minimum absolute atomic E-state index is 0.0777. The standard InChI is InChI=1S/C25H37N5O5/c1-5-14(3)21(29-20(31)12-26)24(33)30-22(15(4)6-2)23(32)28-19(25(34)35)11-16-13-27-18-10-8-7-9-17(16)18/h7-10,13-15,19,21-22,27H,5-6,11-12,26H2,1-4H3,(H,28,32)(H,29,31)(H,30,33)(H,34,35). The van der Waals surface area contributed by atoms with Crippen LogP contribution in [0.5, 0.6) is 0 Å². The molecule has 1 aromatic heterocycles. The summed E-state index contributed by atoms with van der Waals surface area (Å²) in [6.07, 6.45) is 3.00. The van der Waals surface area contributed by atoms with Crippen LogP contribution in [-0.2, 0) is 25.6 Å². The molecule has 3 amide bonds. The summed E-state index contributed by atoms with van der Waals surface area (Å²) in [6, 6.07) is 4.48. The Labute approximate surface area is 205 Å². The van der Waals surface area contributed by atoms with Crippen molar-refractivity contribution in [2.75, 3.05) is 6.54 Å². The van der Waals surface area contributed by atoms with Crippen LogP contribution in [0.4, 0.5) is 0 Å². The number of carboxylic acids is 1. The maximum Gasteiger partial charge on any atom is 0.326 e. The van der Waals surface area contributed by atoms with Gasteiger partial charge in [-0.3, -0.25) is 14.4 Å². The average molecular weight is 488 g/mol. The van der Waals surface area contributed by atoms with Crippen molar-refractivity contribution in [2.24, 2.45) is 17.6 Å². The topological polar surface area (TPSA) is 166 Å². The van der Waals surface area contributed by atoms with Gasteiger partial charge in [-0.2, -0.15) is 0 Å². The Balaban J connectivity index is 2.21. The lowest BCUT2D eigenvalue weighted by Gasteiger charge is -2.29. The zero-order valence-electron chi connectivity index (χ0n) is 20.8. The lowest BCUT2D eigenvalue weighted by atomic mass is 9.94. The molecule has 10 heteroatoms. The number of H-pyrrole nitrogens is 1. The summed E-state index contributed by atoms with van der Waals surface area (Å²) in [6.45, 7) is 7.13. The van der Waals surface area contributed by atoms with Crippen molar-refractivity contribution in [1.29, 1.82) is 0 Å². The fourth-order valence-electron chi connectivity index (χ4n) is 3.86. The smallest absolute Gasteiger partial charge is 0.326 e. The molecule has 5 unspecified atom stereocenters. The van der Waals surface area contributed by atoms with Gasteiger partial charge in [-0.25, -0.2) is 4.79 Å². The molecule has 5 atom stereocenters. The summed E-state index contributed by atoms with van der Waals surface area (Å²) in [5.74, 6) is -3.22. The van der Waals surface area contributed by atoms with Gasteiger partial charge in [0.25, 0.3) is 0 Å². The van der Waals surface area contributed by atoms with Gasteiger partial charge >= 0.3 is 5.97 Å². The molecule has 0 bridgehead atoms. The van der Waals surface area contributed by atoms with E-state index in [4.69, 9.17) is 5.73 Å². The number of nitrogens with one attached hydrogen (secondary N) is 4. The normalized spacial score (nSPS) is 15.5. The Morgan fingerprint density at radius 2 is 1.51 bits per heavy atom. The summed E-state index contributed by atoms with van der Waals surface area (Å²) in [7, 11) is 0. The SMILES string of the molecule is CCC(C)C(NC(=O)CN)C(=O)NC(C(=O)NC(Cc1c[nH]c2ccccc12)C(=O)O)C(C)CC. The number of hydrogen-bond donors (Lipinski definition) is 6. The van der Waals surface area contributed by atoms with Gasteiger partial charge < -0.3 is 31.8 Å². The summed E-state index contributed by atoms with van der Waals surface area (Å²) in [4.78, 5) is 53.3. The summed E-state index contributed by atoms with van der Waals surface area (Å²) in [5.41, 5.74) is 7.03. The maximum absolute atomic E-state index is 13.2. The molecule has 1 aromatic carbocycles. The van der Waals surface area contributed by atoms with Crippen LogP contribution in [0, 0.1) is 11.8 Å². The van der Waals surface area contributed by atoms with Crippen LogP contribution < -0.4 is 21.7 Å². The van der Waals surface area contributed by atoms with Crippen LogP contribution in [0.2, 0.25) is 0 Å². The van der Waals surface area contributed by atoms with Crippen LogP contribution in [0.15, 0.2) is 30.5 Å². The number of carbonyl (C=O) groups excluding carboxylic acids is 3. The van der Waals surface area contributed by atoms with Crippen molar-refractivity contribution in [3.05, 3.63) is 36.0 Å². The predicted octanol–water partition coefficient (Wildman–Crippen LogP) is 1.30. The molecule has 2 aromatic rings. The van der Waals surface area contributed by atoms with Crippen molar-refractivity contribution in [3.8, 4) is 0 Å². The number of carboxylic acid groups (broad SMARTS) is 1. The number of aliphatic carboxylic acids is 1. The van der Waals surface area contributed by atoms with E-state index in [-0.39, 0.29) is 24.8 Å². The third-order valence-corrected chi connectivity index (χ3v) is 6.50. The van der Waals surface area contributed by atoms with E-state index in [0.717, 1.165) is 16.5 Å². The zero-order valence-corrected chi connectivity index (χ0v) is 20.8. The highest BCUT2D eigenvalue weighted by atomic mass is 16.4. The highest BCUT2D eigenvalue weighted by Gasteiger charge is 2.33. The molecule has 0 spiro atoms. The number of rotatable bonds is 13. The molecule has 1 heterocycles. The number of fused-ring (bicyclic) bond motifs is 1. The summed E-state index contributed by atoms with van der Waals surface area (Å²) >= 11 is 0. The monoisotopic (exact) mass is 487 g/mol. The number of carbonyl (C=O) groups is 4. The zero-order chi connectivity index (χ0) is 26.1. The van der Waals surface area contributed by atoms with Crippen molar-refractivity contribution >= 4 is 34.6 Å². The first-order chi connectivity index (χ1) is 16.6. The van der Waals surface area contributed by atoms with Gasteiger partial charge in [-0.1, -0.05) is 58.7 Å². The van der Waals surface area contributed by atoms with Gasteiger partial charge in [0.1, 0.15) is 18.1 Å². The van der Waals surface area contributed by atoms with Crippen molar-refractivity contribution in [3.63, 3.8) is 0 Å². The third kappa shape index (κ3) is 7.29. The molecule has 10 nitrogen and oxygen atoms in total. The highest BCUT2D eigenvalue weighted by Crippen LogP contribution is 2.19. The number of benzene rings is 1. The molecule has 2 rings (SSSR count). The number of hydrogen-bond acceptors (Lipinski definition) is 5. The Morgan fingerprint density at radius 1 is 0.943 bits per heavy atom. The quantitative estimate of drug-likeness (QED) is 0.249. The number of aromatic amines is 1. The van der Waals surface area contributed by atoms with E-state index in [1.54, 1.807) is 13.1 Å². The minimum atomic E-state index is -1.19. The van der Waals surface area contributed by atoms with Gasteiger partial charge in [-0.05, 0) is 23.5 Å². The molecule has 0 fully saturated rings. The fourth-order valence-corrected chi connectivity index (χ4v) is 3.86. The van der Waals surface area contributed by atoms with E-state index in [0.29, 0.717) is 12.8 Å². The van der Waals surface area contributed by atoms with E-state index < -0.39 is 41.8 Å². The average Bonchev–Trinajstić information content (AvgIpc) is 3.26. The van der Waals surface area contributed by atoms with E-state index in [1.165, 1.54) is 0 Å². The van der Waals surface area contributed by atoms with Crippen LogP contribution in [-0.4, -0.2) is 58.5 Å². The Bertz CT molecular complexity index is 1040. The first kappa shape index (κ1) is 27.8. The highest BCUT2D eigenvalue weighted by molar-refractivity contribution is 5.94. The molecule has 0 radical (unpaired) electrons. The van der Waals surface area contributed by atoms with Gasteiger partial charge in [0.15, 0.2) is 0 Å². The predicted molar refractivity (Wildman–Crippen MR) is 133 cm³/mol. The lowest BCUT2D eigenvalue weighted by molar-refractivity contribution is -0.142.